The fraction of sp³-hybridized carbons (Fsp3) is 0.263. The number of carbonyl (C=O) groups excluding carboxylic acids is 1. The van der Waals surface area contributed by atoms with Crippen molar-refractivity contribution in [3.05, 3.63) is 57.8 Å². The van der Waals surface area contributed by atoms with Crippen molar-refractivity contribution in [1.29, 1.82) is 0 Å². The van der Waals surface area contributed by atoms with Gasteiger partial charge in [-0.1, -0.05) is 37.3 Å². The summed E-state index contributed by atoms with van der Waals surface area (Å²) < 4.78 is 1.40. The van der Waals surface area contributed by atoms with Crippen LogP contribution < -0.4 is 10.9 Å². The Morgan fingerprint density at radius 3 is 2.62 bits per heavy atom. The maximum absolute atomic E-state index is 12.4. The summed E-state index contributed by atoms with van der Waals surface area (Å²) in [6, 6.07) is 12.9. The Balaban J connectivity index is 2.12. The average molecular weight is 368 g/mol. The molecule has 0 aliphatic heterocycles. The van der Waals surface area contributed by atoms with Gasteiger partial charge < -0.3 is 5.32 Å². The lowest BCUT2D eigenvalue weighted by Gasteiger charge is -2.05. The molecule has 3 aromatic rings. The van der Waals surface area contributed by atoms with Crippen LogP contribution in [0.25, 0.3) is 21.8 Å². The summed E-state index contributed by atoms with van der Waals surface area (Å²) in [6.07, 6.45) is 0.860. The number of aryl methyl sites for hydroxylation is 1. The zero-order valence-corrected chi connectivity index (χ0v) is 15.5. The Bertz CT molecular complexity index is 963. The molecule has 2 aromatic heterocycles. The fourth-order valence-electron chi connectivity index (χ4n) is 2.49. The van der Waals surface area contributed by atoms with Crippen molar-refractivity contribution in [2.45, 2.75) is 26.8 Å². The van der Waals surface area contributed by atoms with E-state index in [1.165, 1.54) is 22.1 Å². The summed E-state index contributed by atoms with van der Waals surface area (Å²) in [5.41, 5.74) is 2.09. The molecule has 134 valence electrons. The molecule has 0 bridgehead atoms. The van der Waals surface area contributed by atoms with Gasteiger partial charge in [-0.15, -0.1) is 11.3 Å². The standard InChI is InChI=1S/C19H20N4O2S/c1-3-12-20-18(25)19-21-16(13-8-6-5-7-9-13)17(26-19)14-10-11-15(24)23(4-2)22-14/h5-11H,3-4,12H2,1-2H3,(H,20,25). The first kappa shape index (κ1) is 18.0. The molecule has 0 radical (unpaired) electrons. The van der Waals surface area contributed by atoms with E-state index in [4.69, 9.17) is 0 Å². The van der Waals surface area contributed by atoms with Gasteiger partial charge in [0.05, 0.1) is 10.6 Å². The molecule has 0 atom stereocenters. The predicted molar refractivity (Wildman–Crippen MR) is 103 cm³/mol. The van der Waals surface area contributed by atoms with Crippen LogP contribution in [0.2, 0.25) is 0 Å². The minimum Gasteiger partial charge on any atom is -0.350 e. The third-order valence-electron chi connectivity index (χ3n) is 3.80. The zero-order valence-electron chi connectivity index (χ0n) is 14.7. The summed E-state index contributed by atoms with van der Waals surface area (Å²) in [7, 11) is 0. The SMILES string of the molecule is CCCNC(=O)c1nc(-c2ccccc2)c(-c2ccc(=O)n(CC)n2)s1. The molecule has 1 aromatic carbocycles. The number of hydrogen-bond donors (Lipinski definition) is 1. The molecule has 0 saturated carbocycles. The monoisotopic (exact) mass is 368 g/mol. The molecular formula is C19H20N4O2S. The molecule has 2 heterocycles. The van der Waals surface area contributed by atoms with Gasteiger partial charge in [0.2, 0.25) is 0 Å². The highest BCUT2D eigenvalue weighted by Gasteiger charge is 2.20. The van der Waals surface area contributed by atoms with Crippen molar-refractivity contribution in [3.63, 3.8) is 0 Å². The van der Waals surface area contributed by atoms with Gasteiger partial charge in [-0.3, -0.25) is 9.59 Å². The number of benzene rings is 1. The van der Waals surface area contributed by atoms with Gasteiger partial charge in [0, 0.05) is 24.7 Å². The maximum atomic E-state index is 12.4. The van der Waals surface area contributed by atoms with E-state index in [1.54, 1.807) is 6.07 Å². The van der Waals surface area contributed by atoms with Crippen LogP contribution >= 0.6 is 11.3 Å². The molecule has 0 saturated heterocycles. The molecule has 0 unspecified atom stereocenters. The number of rotatable bonds is 6. The van der Waals surface area contributed by atoms with Crippen LogP contribution in [0.15, 0.2) is 47.3 Å². The van der Waals surface area contributed by atoms with E-state index in [9.17, 15) is 9.59 Å². The van der Waals surface area contributed by atoms with Crippen LogP contribution in [-0.4, -0.2) is 27.2 Å². The van der Waals surface area contributed by atoms with Crippen molar-refractivity contribution in [3.8, 4) is 21.8 Å². The second kappa shape index (κ2) is 8.05. The highest BCUT2D eigenvalue weighted by atomic mass is 32.1. The lowest BCUT2D eigenvalue weighted by Crippen LogP contribution is -2.23. The Morgan fingerprint density at radius 1 is 1.15 bits per heavy atom. The van der Waals surface area contributed by atoms with Crippen molar-refractivity contribution in [2.24, 2.45) is 0 Å². The predicted octanol–water partition coefficient (Wildman–Crippen LogP) is 3.19. The van der Waals surface area contributed by atoms with Gasteiger partial charge in [0.1, 0.15) is 5.69 Å². The molecule has 0 aliphatic rings. The molecule has 0 fully saturated rings. The third kappa shape index (κ3) is 3.72. The van der Waals surface area contributed by atoms with Crippen LogP contribution in [0.5, 0.6) is 0 Å². The Morgan fingerprint density at radius 2 is 1.92 bits per heavy atom. The van der Waals surface area contributed by atoms with E-state index in [0.29, 0.717) is 29.5 Å². The molecule has 0 spiro atoms. The van der Waals surface area contributed by atoms with Gasteiger partial charge in [-0.2, -0.15) is 5.10 Å². The molecule has 26 heavy (non-hydrogen) atoms. The molecule has 1 N–H and O–H groups in total. The van der Waals surface area contributed by atoms with Crippen LogP contribution in [0, 0.1) is 0 Å². The van der Waals surface area contributed by atoms with E-state index in [2.05, 4.69) is 15.4 Å². The van der Waals surface area contributed by atoms with Gasteiger partial charge in [-0.05, 0) is 19.4 Å². The van der Waals surface area contributed by atoms with Crippen LogP contribution in [0.1, 0.15) is 30.1 Å². The lowest BCUT2D eigenvalue weighted by atomic mass is 10.1. The van der Waals surface area contributed by atoms with Gasteiger partial charge in [0.25, 0.3) is 11.5 Å². The summed E-state index contributed by atoms with van der Waals surface area (Å²) in [4.78, 5) is 29.6. The molecule has 0 aliphatic carbocycles. The highest BCUT2D eigenvalue weighted by Crippen LogP contribution is 2.35. The van der Waals surface area contributed by atoms with Crippen molar-refractivity contribution < 1.29 is 4.79 Å². The number of nitrogens with one attached hydrogen (secondary N) is 1. The van der Waals surface area contributed by atoms with E-state index >= 15 is 0 Å². The molecule has 1 amide bonds. The summed E-state index contributed by atoms with van der Waals surface area (Å²) in [6.45, 7) is 4.96. The minimum absolute atomic E-state index is 0.150. The minimum atomic E-state index is -0.191. The van der Waals surface area contributed by atoms with Crippen LogP contribution in [0.3, 0.4) is 0 Å². The molecule has 7 heteroatoms. The molecule has 3 rings (SSSR count). The zero-order chi connectivity index (χ0) is 18.5. The van der Waals surface area contributed by atoms with Gasteiger partial charge in [0.15, 0.2) is 5.01 Å². The fourth-order valence-corrected chi connectivity index (χ4v) is 3.46. The molecular weight excluding hydrogens is 348 g/mol. The number of aromatic nitrogens is 3. The third-order valence-corrected chi connectivity index (χ3v) is 4.88. The van der Waals surface area contributed by atoms with E-state index < -0.39 is 0 Å². The maximum Gasteiger partial charge on any atom is 0.280 e. The Hall–Kier alpha value is -2.80. The normalized spacial score (nSPS) is 10.7. The number of amides is 1. The van der Waals surface area contributed by atoms with Crippen molar-refractivity contribution in [1.82, 2.24) is 20.1 Å². The summed E-state index contributed by atoms with van der Waals surface area (Å²) in [5.74, 6) is -0.191. The smallest absolute Gasteiger partial charge is 0.280 e. The van der Waals surface area contributed by atoms with Crippen LogP contribution in [0.4, 0.5) is 0 Å². The van der Waals surface area contributed by atoms with Gasteiger partial charge >= 0.3 is 0 Å². The van der Waals surface area contributed by atoms with Crippen molar-refractivity contribution >= 4 is 17.2 Å². The Labute approximate surface area is 155 Å². The second-order valence-electron chi connectivity index (χ2n) is 5.69. The summed E-state index contributed by atoms with van der Waals surface area (Å²) in [5, 5.41) is 7.67. The topological polar surface area (TPSA) is 76.9 Å². The second-order valence-corrected chi connectivity index (χ2v) is 6.69. The average Bonchev–Trinajstić information content (AvgIpc) is 3.12. The quantitative estimate of drug-likeness (QED) is 0.725. The largest absolute Gasteiger partial charge is 0.350 e. The lowest BCUT2D eigenvalue weighted by molar-refractivity contribution is 0.0953. The number of carbonyl (C=O) groups is 1. The van der Waals surface area contributed by atoms with E-state index in [0.717, 1.165) is 16.9 Å². The van der Waals surface area contributed by atoms with E-state index in [1.807, 2.05) is 44.2 Å². The van der Waals surface area contributed by atoms with Crippen LogP contribution in [-0.2, 0) is 6.54 Å². The first-order valence-corrected chi connectivity index (χ1v) is 9.38. The van der Waals surface area contributed by atoms with Gasteiger partial charge in [-0.25, -0.2) is 9.67 Å². The Kier molecular flexibility index (Phi) is 5.58. The highest BCUT2D eigenvalue weighted by molar-refractivity contribution is 7.17. The molecule has 6 nitrogen and oxygen atoms in total. The number of thiazole rings is 1. The first-order valence-electron chi connectivity index (χ1n) is 8.57. The summed E-state index contributed by atoms with van der Waals surface area (Å²) >= 11 is 1.29. The number of nitrogens with zero attached hydrogens (tertiary/aromatic N) is 3. The van der Waals surface area contributed by atoms with E-state index in [-0.39, 0.29) is 11.5 Å². The number of hydrogen-bond acceptors (Lipinski definition) is 5. The first-order chi connectivity index (χ1) is 12.6. The van der Waals surface area contributed by atoms with Crippen molar-refractivity contribution in [2.75, 3.05) is 6.54 Å².